The molecule has 0 atom stereocenters. The Bertz CT molecular complexity index is 468. The van der Waals surface area contributed by atoms with Crippen molar-refractivity contribution in [1.29, 1.82) is 0 Å². The molecule has 1 fully saturated rings. The topological polar surface area (TPSA) is 36.0 Å². The SMILES string of the molecule is OC1(c2cccc3[nH]ccc23)CCC1. The Hall–Kier alpha value is -1.28. The van der Waals surface area contributed by atoms with E-state index in [2.05, 4.69) is 4.98 Å². The summed E-state index contributed by atoms with van der Waals surface area (Å²) in [6, 6.07) is 8.13. The molecular formula is C12H13NO. The van der Waals surface area contributed by atoms with Crippen LogP contribution in [0.1, 0.15) is 24.8 Å². The second-order valence-corrected chi connectivity index (χ2v) is 4.13. The van der Waals surface area contributed by atoms with Gasteiger partial charge in [0.2, 0.25) is 0 Å². The van der Waals surface area contributed by atoms with Gasteiger partial charge in [0.1, 0.15) is 0 Å². The van der Waals surface area contributed by atoms with Gasteiger partial charge in [0.05, 0.1) is 5.60 Å². The summed E-state index contributed by atoms with van der Waals surface area (Å²) in [4.78, 5) is 3.17. The Balaban J connectivity index is 2.24. The number of aromatic amines is 1. The molecule has 0 radical (unpaired) electrons. The summed E-state index contributed by atoms with van der Waals surface area (Å²) in [5.74, 6) is 0. The fraction of sp³-hybridized carbons (Fsp3) is 0.333. The summed E-state index contributed by atoms with van der Waals surface area (Å²) in [6.07, 6.45) is 4.86. The second kappa shape index (κ2) is 2.61. The van der Waals surface area contributed by atoms with Gasteiger partial charge in [0, 0.05) is 17.1 Å². The molecule has 0 spiro atoms. The molecule has 0 aliphatic heterocycles. The fourth-order valence-corrected chi connectivity index (χ4v) is 2.27. The molecule has 72 valence electrons. The lowest BCUT2D eigenvalue weighted by molar-refractivity contribution is -0.0374. The zero-order chi connectivity index (χ0) is 9.60. The van der Waals surface area contributed by atoms with Gasteiger partial charge in [-0.3, -0.25) is 0 Å². The van der Waals surface area contributed by atoms with Crippen LogP contribution in [-0.4, -0.2) is 10.1 Å². The Morgan fingerprint density at radius 1 is 1.21 bits per heavy atom. The van der Waals surface area contributed by atoms with Crippen LogP contribution in [0.3, 0.4) is 0 Å². The first-order valence-corrected chi connectivity index (χ1v) is 5.09. The van der Waals surface area contributed by atoms with Crippen LogP contribution in [0.25, 0.3) is 10.9 Å². The van der Waals surface area contributed by atoms with Gasteiger partial charge in [0.15, 0.2) is 0 Å². The van der Waals surface area contributed by atoms with Crippen LogP contribution < -0.4 is 0 Å². The van der Waals surface area contributed by atoms with Crippen molar-refractivity contribution < 1.29 is 5.11 Å². The Labute approximate surface area is 82.6 Å². The molecule has 1 aromatic heterocycles. The first-order chi connectivity index (χ1) is 6.80. The van der Waals surface area contributed by atoms with Crippen LogP contribution in [0.15, 0.2) is 30.5 Å². The number of benzene rings is 1. The molecule has 2 N–H and O–H groups in total. The summed E-state index contributed by atoms with van der Waals surface area (Å²) in [7, 11) is 0. The summed E-state index contributed by atoms with van der Waals surface area (Å²) >= 11 is 0. The highest BCUT2D eigenvalue weighted by atomic mass is 16.3. The Kier molecular flexibility index (Phi) is 1.50. The van der Waals surface area contributed by atoms with E-state index < -0.39 is 5.60 Å². The molecule has 0 bridgehead atoms. The monoisotopic (exact) mass is 187 g/mol. The minimum Gasteiger partial charge on any atom is -0.385 e. The number of aromatic nitrogens is 1. The van der Waals surface area contributed by atoms with E-state index in [1.54, 1.807) is 0 Å². The maximum absolute atomic E-state index is 10.3. The number of aliphatic hydroxyl groups is 1. The third kappa shape index (κ3) is 0.946. The van der Waals surface area contributed by atoms with Gasteiger partial charge >= 0.3 is 0 Å². The highest BCUT2D eigenvalue weighted by molar-refractivity contribution is 5.83. The minimum absolute atomic E-state index is 0.554. The molecule has 1 aliphatic carbocycles. The van der Waals surface area contributed by atoms with Crippen molar-refractivity contribution >= 4 is 10.9 Å². The highest BCUT2D eigenvalue weighted by Gasteiger charge is 2.37. The van der Waals surface area contributed by atoms with Gasteiger partial charge in [-0.25, -0.2) is 0 Å². The number of hydrogen-bond donors (Lipinski definition) is 2. The highest BCUT2D eigenvalue weighted by Crippen LogP contribution is 2.43. The van der Waals surface area contributed by atoms with E-state index in [4.69, 9.17) is 0 Å². The van der Waals surface area contributed by atoms with E-state index in [0.29, 0.717) is 0 Å². The smallest absolute Gasteiger partial charge is 0.0903 e. The van der Waals surface area contributed by atoms with Crippen molar-refractivity contribution in [3.8, 4) is 0 Å². The average Bonchev–Trinajstić information content (AvgIpc) is 2.61. The van der Waals surface area contributed by atoms with E-state index >= 15 is 0 Å². The van der Waals surface area contributed by atoms with Crippen molar-refractivity contribution in [2.45, 2.75) is 24.9 Å². The maximum Gasteiger partial charge on any atom is 0.0903 e. The standard InChI is InChI=1S/C12H13NO/c14-12(6-2-7-12)10-3-1-4-11-9(10)5-8-13-11/h1,3-5,8,13-14H,2,6-7H2. The summed E-state index contributed by atoms with van der Waals surface area (Å²) in [5, 5.41) is 11.4. The lowest BCUT2D eigenvalue weighted by atomic mass is 9.74. The number of hydrogen-bond acceptors (Lipinski definition) is 1. The Morgan fingerprint density at radius 3 is 2.79 bits per heavy atom. The fourth-order valence-electron chi connectivity index (χ4n) is 2.27. The van der Waals surface area contributed by atoms with E-state index in [1.807, 2.05) is 30.5 Å². The third-order valence-corrected chi connectivity index (χ3v) is 3.28. The molecule has 0 unspecified atom stereocenters. The third-order valence-electron chi connectivity index (χ3n) is 3.28. The van der Waals surface area contributed by atoms with E-state index in [-0.39, 0.29) is 0 Å². The van der Waals surface area contributed by atoms with Crippen molar-refractivity contribution in [2.24, 2.45) is 0 Å². The molecule has 0 saturated heterocycles. The van der Waals surface area contributed by atoms with Crippen LogP contribution in [-0.2, 0) is 5.60 Å². The molecule has 0 amide bonds. The quantitative estimate of drug-likeness (QED) is 0.707. The zero-order valence-corrected chi connectivity index (χ0v) is 7.96. The molecule has 2 heteroatoms. The van der Waals surface area contributed by atoms with Gasteiger partial charge in [-0.15, -0.1) is 0 Å². The summed E-state index contributed by atoms with van der Waals surface area (Å²) < 4.78 is 0. The van der Waals surface area contributed by atoms with E-state index in [0.717, 1.165) is 35.7 Å². The van der Waals surface area contributed by atoms with Crippen LogP contribution in [0.4, 0.5) is 0 Å². The van der Waals surface area contributed by atoms with Crippen LogP contribution in [0, 0.1) is 0 Å². The molecule has 1 heterocycles. The normalized spacial score (nSPS) is 19.5. The lowest BCUT2D eigenvalue weighted by Gasteiger charge is -2.37. The number of nitrogens with one attached hydrogen (secondary N) is 1. The first kappa shape index (κ1) is 8.06. The number of H-pyrrole nitrogens is 1. The van der Waals surface area contributed by atoms with Crippen molar-refractivity contribution in [2.75, 3.05) is 0 Å². The Morgan fingerprint density at radius 2 is 2.07 bits per heavy atom. The lowest BCUT2D eigenvalue weighted by Crippen LogP contribution is -2.33. The van der Waals surface area contributed by atoms with Crippen LogP contribution in [0.2, 0.25) is 0 Å². The van der Waals surface area contributed by atoms with Gasteiger partial charge < -0.3 is 10.1 Å². The van der Waals surface area contributed by atoms with Crippen molar-refractivity contribution in [1.82, 2.24) is 4.98 Å². The maximum atomic E-state index is 10.3. The van der Waals surface area contributed by atoms with Gasteiger partial charge in [-0.1, -0.05) is 12.1 Å². The molecule has 1 aliphatic rings. The zero-order valence-electron chi connectivity index (χ0n) is 7.96. The van der Waals surface area contributed by atoms with Crippen molar-refractivity contribution in [3.05, 3.63) is 36.0 Å². The summed E-state index contributed by atoms with van der Waals surface area (Å²) in [5.41, 5.74) is 1.65. The molecular weight excluding hydrogens is 174 g/mol. The van der Waals surface area contributed by atoms with Gasteiger partial charge in [-0.2, -0.15) is 0 Å². The molecule has 1 aromatic carbocycles. The predicted octanol–water partition coefficient (Wildman–Crippen LogP) is 2.54. The molecule has 1 saturated carbocycles. The van der Waals surface area contributed by atoms with Crippen molar-refractivity contribution in [3.63, 3.8) is 0 Å². The minimum atomic E-state index is -0.554. The van der Waals surface area contributed by atoms with E-state index in [9.17, 15) is 5.11 Å². The van der Waals surface area contributed by atoms with Crippen LogP contribution in [0.5, 0.6) is 0 Å². The largest absolute Gasteiger partial charge is 0.385 e. The number of rotatable bonds is 1. The van der Waals surface area contributed by atoms with E-state index in [1.165, 1.54) is 0 Å². The predicted molar refractivity (Wildman–Crippen MR) is 56.0 cm³/mol. The second-order valence-electron chi connectivity index (χ2n) is 4.13. The van der Waals surface area contributed by atoms with Gasteiger partial charge in [0.25, 0.3) is 0 Å². The first-order valence-electron chi connectivity index (χ1n) is 5.09. The van der Waals surface area contributed by atoms with Crippen LogP contribution >= 0.6 is 0 Å². The summed E-state index contributed by atoms with van der Waals surface area (Å²) in [6.45, 7) is 0. The molecule has 2 nitrogen and oxygen atoms in total. The number of fused-ring (bicyclic) bond motifs is 1. The average molecular weight is 187 g/mol. The van der Waals surface area contributed by atoms with Gasteiger partial charge in [-0.05, 0) is 37.0 Å². The molecule has 2 aromatic rings. The molecule has 3 rings (SSSR count). The molecule has 14 heavy (non-hydrogen) atoms.